The molecule has 1 aromatic heterocycles. The summed E-state index contributed by atoms with van der Waals surface area (Å²) in [5, 5.41) is 9.75. The van der Waals surface area contributed by atoms with E-state index in [0.29, 0.717) is 0 Å². The summed E-state index contributed by atoms with van der Waals surface area (Å²) in [6, 6.07) is 4.17. The Labute approximate surface area is 87.2 Å². The minimum atomic E-state index is 0.190. The molecule has 0 saturated heterocycles. The van der Waals surface area contributed by atoms with Crippen LogP contribution in [0, 0.1) is 0 Å². The Hall–Kier alpha value is 0.01000. The van der Waals surface area contributed by atoms with Crippen molar-refractivity contribution in [3.05, 3.63) is 17.0 Å². The van der Waals surface area contributed by atoms with Crippen LogP contribution in [-0.2, 0) is 6.61 Å². The average molecular weight is 214 g/mol. The van der Waals surface area contributed by atoms with Gasteiger partial charge in [-0.25, -0.2) is 0 Å². The molecule has 0 bridgehead atoms. The molecule has 2 rings (SSSR count). The van der Waals surface area contributed by atoms with E-state index in [9.17, 15) is 0 Å². The minimum Gasteiger partial charge on any atom is -0.391 e. The van der Waals surface area contributed by atoms with Crippen molar-refractivity contribution < 1.29 is 5.11 Å². The summed E-state index contributed by atoms with van der Waals surface area (Å²) >= 11 is 3.73. The summed E-state index contributed by atoms with van der Waals surface area (Å²) in [7, 11) is 0. The van der Waals surface area contributed by atoms with E-state index in [2.05, 4.69) is 6.07 Å². The molecular weight excluding hydrogens is 200 g/mol. The summed E-state index contributed by atoms with van der Waals surface area (Å²) in [6.07, 6.45) is 5.54. The molecule has 3 heteroatoms. The second-order valence-corrected chi connectivity index (χ2v) is 6.17. The summed E-state index contributed by atoms with van der Waals surface area (Å²) in [4.78, 5) is 1.08. The second-order valence-electron chi connectivity index (χ2n) is 3.40. The zero-order chi connectivity index (χ0) is 9.10. The van der Waals surface area contributed by atoms with Gasteiger partial charge in [0.25, 0.3) is 0 Å². The average Bonchev–Trinajstić information content (AvgIpc) is 2.76. The first kappa shape index (κ1) is 9.56. The maximum atomic E-state index is 8.91. The van der Waals surface area contributed by atoms with Gasteiger partial charge in [-0.1, -0.05) is 12.8 Å². The van der Waals surface area contributed by atoms with Gasteiger partial charge in [-0.3, -0.25) is 0 Å². The highest BCUT2D eigenvalue weighted by Gasteiger charge is 2.16. The number of rotatable bonds is 3. The Morgan fingerprint density at radius 3 is 2.77 bits per heavy atom. The molecule has 13 heavy (non-hydrogen) atoms. The number of thiophene rings is 1. The van der Waals surface area contributed by atoms with Crippen molar-refractivity contribution in [1.29, 1.82) is 0 Å². The first-order chi connectivity index (χ1) is 6.38. The summed E-state index contributed by atoms with van der Waals surface area (Å²) in [6.45, 7) is 0.190. The molecule has 1 aliphatic rings. The Morgan fingerprint density at radius 1 is 1.38 bits per heavy atom. The van der Waals surface area contributed by atoms with Gasteiger partial charge >= 0.3 is 0 Å². The van der Waals surface area contributed by atoms with E-state index >= 15 is 0 Å². The molecule has 1 fully saturated rings. The number of hydrogen-bond donors (Lipinski definition) is 1. The van der Waals surface area contributed by atoms with Crippen LogP contribution in [0.1, 0.15) is 30.6 Å². The van der Waals surface area contributed by atoms with Crippen molar-refractivity contribution in [2.75, 3.05) is 0 Å². The number of thioether (sulfide) groups is 1. The van der Waals surface area contributed by atoms with E-state index < -0.39 is 0 Å². The molecule has 1 heterocycles. The number of hydrogen-bond acceptors (Lipinski definition) is 3. The molecule has 1 nitrogen and oxygen atoms in total. The smallest absolute Gasteiger partial charge is 0.0774 e. The lowest BCUT2D eigenvalue weighted by Crippen LogP contribution is -1.90. The highest BCUT2D eigenvalue weighted by atomic mass is 32.2. The van der Waals surface area contributed by atoms with Gasteiger partial charge in [-0.05, 0) is 25.0 Å². The van der Waals surface area contributed by atoms with Crippen LogP contribution in [0.4, 0.5) is 0 Å². The Morgan fingerprint density at radius 2 is 2.15 bits per heavy atom. The minimum absolute atomic E-state index is 0.190. The van der Waals surface area contributed by atoms with Crippen LogP contribution in [0.15, 0.2) is 16.3 Å². The van der Waals surface area contributed by atoms with Crippen LogP contribution in [0.25, 0.3) is 0 Å². The summed E-state index contributed by atoms with van der Waals surface area (Å²) in [5.41, 5.74) is 0. The first-order valence-corrected chi connectivity index (χ1v) is 6.44. The number of aliphatic hydroxyl groups excluding tert-OH is 1. The zero-order valence-corrected chi connectivity index (χ0v) is 9.16. The molecule has 1 N–H and O–H groups in total. The summed E-state index contributed by atoms with van der Waals surface area (Å²) in [5.74, 6) is 0. The third kappa shape index (κ3) is 2.48. The van der Waals surface area contributed by atoms with Gasteiger partial charge in [0, 0.05) is 10.1 Å². The molecule has 0 aromatic carbocycles. The van der Waals surface area contributed by atoms with Gasteiger partial charge in [0.05, 0.1) is 10.8 Å². The van der Waals surface area contributed by atoms with Crippen molar-refractivity contribution in [3.8, 4) is 0 Å². The zero-order valence-electron chi connectivity index (χ0n) is 7.53. The molecule has 0 spiro atoms. The highest BCUT2D eigenvalue weighted by Crippen LogP contribution is 2.37. The van der Waals surface area contributed by atoms with Crippen molar-refractivity contribution in [3.63, 3.8) is 0 Å². The van der Waals surface area contributed by atoms with E-state index in [-0.39, 0.29) is 6.61 Å². The van der Waals surface area contributed by atoms with Gasteiger partial charge in [0.1, 0.15) is 0 Å². The third-order valence-electron chi connectivity index (χ3n) is 2.38. The van der Waals surface area contributed by atoms with E-state index in [1.165, 1.54) is 29.9 Å². The molecule has 0 amide bonds. The van der Waals surface area contributed by atoms with Gasteiger partial charge < -0.3 is 5.11 Å². The Kier molecular flexibility index (Phi) is 3.30. The fourth-order valence-corrected chi connectivity index (χ4v) is 4.24. The van der Waals surface area contributed by atoms with Crippen LogP contribution >= 0.6 is 23.1 Å². The van der Waals surface area contributed by atoms with Crippen LogP contribution in [0.2, 0.25) is 0 Å². The lowest BCUT2D eigenvalue weighted by molar-refractivity contribution is 0.285. The maximum absolute atomic E-state index is 8.91. The largest absolute Gasteiger partial charge is 0.391 e. The van der Waals surface area contributed by atoms with Crippen molar-refractivity contribution in [2.45, 2.75) is 41.7 Å². The van der Waals surface area contributed by atoms with Gasteiger partial charge in [0.2, 0.25) is 0 Å². The lowest BCUT2D eigenvalue weighted by atomic mass is 10.4. The highest BCUT2D eigenvalue weighted by molar-refractivity contribution is 8.01. The van der Waals surface area contributed by atoms with E-state index in [1.54, 1.807) is 11.3 Å². The summed E-state index contributed by atoms with van der Waals surface area (Å²) < 4.78 is 1.37. The lowest BCUT2D eigenvalue weighted by Gasteiger charge is -2.04. The molecule has 0 atom stereocenters. The fourth-order valence-electron chi connectivity index (χ4n) is 1.68. The van der Waals surface area contributed by atoms with Crippen molar-refractivity contribution >= 4 is 23.1 Å². The topological polar surface area (TPSA) is 20.2 Å². The quantitative estimate of drug-likeness (QED) is 0.833. The molecule has 72 valence electrons. The van der Waals surface area contributed by atoms with Crippen LogP contribution in [0.3, 0.4) is 0 Å². The van der Waals surface area contributed by atoms with Crippen LogP contribution in [0.5, 0.6) is 0 Å². The molecule has 1 aromatic rings. The van der Waals surface area contributed by atoms with Crippen LogP contribution in [-0.4, -0.2) is 10.4 Å². The molecule has 0 radical (unpaired) electrons. The Bertz CT molecular complexity index is 264. The van der Waals surface area contributed by atoms with E-state index in [1.807, 2.05) is 17.8 Å². The van der Waals surface area contributed by atoms with Crippen molar-refractivity contribution in [2.24, 2.45) is 0 Å². The van der Waals surface area contributed by atoms with E-state index in [4.69, 9.17) is 5.11 Å². The predicted molar refractivity (Wildman–Crippen MR) is 58.4 cm³/mol. The van der Waals surface area contributed by atoms with Gasteiger partial charge in [0.15, 0.2) is 0 Å². The maximum Gasteiger partial charge on any atom is 0.0774 e. The number of aliphatic hydroxyl groups is 1. The first-order valence-electron chi connectivity index (χ1n) is 4.75. The third-order valence-corrected chi connectivity index (χ3v) is 4.95. The molecular formula is C10H14OS2. The van der Waals surface area contributed by atoms with Crippen LogP contribution < -0.4 is 0 Å². The predicted octanol–water partition coefficient (Wildman–Crippen LogP) is 3.28. The standard InChI is InChI=1S/C10H14OS2/c11-7-9-5-6-10(13-9)12-8-3-1-2-4-8/h5-6,8,11H,1-4,7H2. The SMILES string of the molecule is OCc1ccc(SC2CCCC2)s1. The Balaban J connectivity index is 1.92. The monoisotopic (exact) mass is 214 g/mol. The fraction of sp³-hybridized carbons (Fsp3) is 0.600. The molecule has 0 aliphatic heterocycles. The molecule has 1 saturated carbocycles. The molecule has 0 unspecified atom stereocenters. The molecule has 1 aliphatic carbocycles. The van der Waals surface area contributed by atoms with E-state index in [0.717, 1.165) is 10.1 Å². The second kappa shape index (κ2) is 4.49. The van der Waals surface area contributed by atoms with Gasteiger partial charge in [-0.15, -0.1) is 23.1 Å². The normalized spacial score (nSPS) is 18.2. The van der Waals surface area contributed by atoms with Crippen molar-refractivity contribution in [1.82, 2.24) is 0 Å². The van der Waals surface area contributed by atoms with Gasteiger partial charge in [-0.2, -0.15) is 0 Å².